The van der Waals surface area contributed by atoms with E-state index in [-0.39, 0.29) is 23.9 Å². The van der Waals surface area contributed by atoms with Gasteiger partial charge in [-0.1, -0.05) is 12.1 Å². The maximum atomic E-state index is 12.0. The zero-order chi connectivity index (χ0) is 17.7. The molecule has 1 amide bonds. The lowest BCUT2D eigenvalue weighted by Crippen LogP contribution is -2.40. The fourth-order valence-electron chi connectivity index (χ4n) is 2.15. The Morgan fingerprint density at radius 1 is 1.46 bits per heavy atom. The number of anilines is 1. The number of para-hydroxylation sites is 1. The van der Waals surface area contributed by atoms with Gasteiger partial charge in [0.1, 0.15) is 12.5 Å². The Bertz CT molecular complexity index is 741. The summed E-state index contributed by atoms with van der Waals surface area (Å²) in [6.45, 7) is 0.449. The van der Waals surface area contributed by atoms with Gasteiger partial charge in [-0.05, 0) is 19.1 Å². The number of benzene rings is 1. The fourth-order valence-corrected chi connectivity index (χ4v) is 3.08. The Balaban J connectivity index is 1.98. The molecule has 1 aromatic rings. The van der Waals surface area contributed by atoms with Crippen LogP contribution in [0.2, 0.25) is 0 Å². The average molecular weight is 345 g/mol. The number of amides is 1. The van der Waals surface area contributed by atoms with Gasteiger partial charge < -0.3 is 10.1 Å². The SMILES string of the molecule is CC(=N)C(C#N)C(=O)COC(=O)CN1C(=O)CSc2ccccc21. The number of ketones is 1. The molecular formula is C16H15N3O4S. The molecule has 1 aliphatic rings. The fraction of sp³-hybridized carbons (Fsp3) is 0.312. The van der Waals surface area contributed by atoms with Crippen molar-refractivity contribution in [3.8, 4) is 6.07 Å². The number of rotatable bonds is 6. The van der Waals surface area contributed by atoms with Crippen molar-refractivity contribution >= 4 is 40.8 Å². The van der Waals surface area contributed by atoms with E-state index in [4.69, 9.17) is 15.4 Å². The van der Waals surface area contributed by atoms with Gasteiger partial charge in [-0.15, -0.1) is 11.8 Å². The molecule has 0 spiro atoms. The first-order chi connectivity index (χ1) is 11.4. The number of esters is 1. The van der Waals surface area contributed by atoms with Crippen molar-refractivity contribution in [1.29, 1.82) is 10.7 Å². The molecule has 0 bridgehead atoms. The Morgan fingerprint density at radius 2 is 2.17 bits per heavy atom. The molecule has 1 heterocycles. The van der Waals surface area contributed by atoms with Crippen molar-refractivity contribution < 1.29 is 19.1 Å². The van der Waals surface area contributed by atoms with Gasteiger partial charge in [0.2, 0.25) is 5.91 Å². The van der Waals surface area contributed by atoms with Crippen LogP contribution in [-0.2, 0) is 19.1 Å². The highest BCUT2D eigenvalue weighted by molar-refractivity contribution is 8.00. The van der Waals surface area contributed by atoms with Crippen LogP contribution in [-0.4, -0.2) is 42.3 Å². The normalized spacial score (nSPS) is 14.3. The van der Waals surface area contributed by atoms with Crippen molar-refractivity contribution in [2.45, 2.75) is 11.8 Å². The zero-order valence-electron chi connectivity index (χ0n) is 12.9. The molecule has 0 saturated carbocycles. The number of nitriles is 1. The first-order valence-corrected chi connectivity index (χ1v) is 8.07. The van der Waals surface area contributed by atoms with Gasteiger partial charge in [-0.3, -0.25) is 19.3 Å². The lowest BCUT2D eigenvalue weighted by molar-refractivity contribution is -0.147. The monoisotopic (exact) mass is 345 g/mol. The standard InChI is InChI=1S/C16H15N3O4S/c1-10(18)11(6-17)13(20)8-23-16(22)7-19-12-4-2-3-5-14(12)24-9-15(19)21/h2-5,11,18H,7-9H2,1H3. The quantitative estimate of drug-likeness (QED) is 0.616. The van der Waals surface area contributed by atoms with Gasteiger partial charge in [0.05, 0.1) is 17.5 Å². The summed E-state index contributed by atoms with van der Waals surface area (Å²) < 4.78 is 4.87. The summed E-state index contributed by atoms with van der Waals surface area (Å²) in [4.78, 5) is 37.9. The molecule has 124 valence electrons. The Kier molecular flexibility index (Phi) is 5.71. The van der Waals surface area contributed by atoms with Gasteiger partial charge in [0, 0.05) is 10.6 Å². The molecule has 7 nitrogen and oxygen atoms in total. The molecule has 0 radical (unpaired) electrons. The molecule has 1 unspecified atom stereocenters. The van der Waals surface area contributed by atoms with Crippen LogP contribution >= 0.6 is 11.8 Å². The lowest BCUT2D eigenvalue weighted by Gasteiger charge is -2.27. The highest BCUT2D eigenvalue weighted by Gasteiger charge is 2.27. The van der Waals surface area contributed by atoms with Crippen LogP contribution in [0.4, 0.5) is 5.69 Å². The summed E-state index contributed by atoms with van der Waals surface area (Å²) in [5.74, 6) is -2.59. The third kappa shape index (κ3) is 4.00. The maximum Gasteiger partial charge on any atom is 0.326 e. The highest BCUT2D eigenvalue weighted by atomic mass is 32.2. The smallest absolute Gasteiger partial charge is 0.326 e. The average Bonchev–Trinajstić information content (AvgIpc) is 2.56. The number of Topliss-reactive ketones (excluding diaryl/α,β-unsaturated/α-hetero) is 1. The minimum Gasteiger partial charge on any atom is -0.456 e. The van der Waals surface area contributed by atoms with Crippen molar-refractivity contribution in [3.63, 3.8) is 0 Å². The number of thioether (sulfide) groups is 1. The van der Waals surface area contributed by atoms with E-state index < -0.39 is 24.3 Å². The van der Waals surface area contributed by atoms with E-state index in [9.17, 15) is 14.4 Å². The number of fused-ring (bicyclic) bond motifs is 1. The molecule has 0 aromatic heterocycles. The van der Waals surface area contributed by atoms with Crippen molar-refractivity contribution in [1.82, 2.24) is 0 Å². The maximum absolute atomic E-state index is 12.0. The van der Waals surface area contributed by atoms with E-state index >= 15 is 0 Å². The Labute approximate surface area is 143 Å². The molecule has 1 aliphatic heterocycles. The molecular weight excluding hydrogens is 330 g/mol. The summed E-state index contributed by atoms with van der Waals surface area (Å²) >= 11 is 1.40. The van der Waals surface area contributed by atoms with Crippen molar-refractivity contribution in [2.75, 3.05) is 23.8 Å². The zero-order valence-corrected chi connectivity index (χ0v) is 13.8. The van der Waals surface area contributed by atoms with E-state index in [2.05, 4.69) is 0 Å². The van der Waals surface area contributed by atoms with Crippen LogP contribution < -0.4 is 4.90 Å². The molecule has 1 N–H and O–H groups in total. The molecule has 0 fully saturated rings. The molecule has 1 aromatic carbocycles. The summed E-state index contributed by atoms with van der Waals surface area (Å²) in [6, 6.07) is 8.91. The molecule has 2 rings (SSSR count). The minimum absolute atomic E-state index is 0.101. The number of nitrogens with zero attached hydrogens (tertiary/aromatic N) is 2. The third-order valence-corrected chi connectivity index (χ3v) is 4.40. The van der Waals surface area contributed by atoms with Crippen molar-refractivity contribution in [2.24, 2.45) is 5.92 Å². The highest BCUT2D eigenvalue weighted by Crippen LogP contribution is 2.34. The topological polar surface area (TPSA) is 111 Å². The van der Waals surface area contributed by atoms with Gasteiger partial charge in [-0.25, -0.2) is 0 Å². The summed E-state index contributed by atoms with van der Waals surface area (Å²) in [5, 5.41) is 16.2. The predicted octanol–water partition coefficient (Wildman–Crippen LogP) is 1.42. The minimum atomic E-state index is -1.22. The lowest BCUT2D eigenvalue weighted by atomic mass is 10.0. The first-order valence-electron chi connectivity index (χ1n) is 7.09. The van der Waals surface area contributed by atoms with Crippen LogP contribution in [0.15, 0.2) is 29.2 Å². The van der Waals surface area contributed by atoms with Crippen LogP contribution in [0, 0.1) is 22.7 Å². The van der Waals surface area contributed by atoms with Crippen LogP contribution in [0.25, 0.3) is 0 Å². The summed E-state index contributed by atoms with van der Waals surface area (Å²) in [6.07, 6.45) is 0. The van der Waals surface area contributed by atoms with Gasteiger partial charge in [-0.2, -0.15) is 5.26 Å². The third-order valence-electron chi connectivity index (χ3n) is 3.35. The molecule has 24 heavy (non-hydrogen) atoms. The first kappa shape index (κ1) is 17.7. The van der Waals surface area contributed by atoms with Crippen LogP contribution in [0.1, 0.15) is 6.92 Å². The molecule has 8 heteroatoms. The van der Waals surface area contributed by atoms with Crippen LogP contribution in [0.3, 0.4) is 0 Å². The van der Waals surface area contributed by atoms with Gasteiger partial charge in [0.15, 0.2) is 12.4 Å². The second-order valence-corrected chi connectivity index (χ2v) is 6.13. The van der Waals surface area contributed by atoms with Crippen molar-refractivity contribution in [3.05, 3.63) is 24.3 Å². The largest absolute Gasteiger partial charge is 0.456 e. The number of hydrogen-bond donors (Lipinski definition) is 1. The Morgan fingerprint density at radius 3 is 2.83 bits per heavy atom. The van der Waals surface area contributed by atoms with E-state index in [1.807, 2.05) is 12.1 Å². The number of ether oxygens (including phenoxy) is 1. The van der Waals surface area contributed by atoms with E-state index in [0.29, 0.717) is 5.69 Å². The molecule has 0 aliphatic carbocycles. The summed E-state index contributed by atoms with van der Waals surface area (Å²) in [7, 11) is 0. The molecule has 1 atom stereocenters. The van der Waals surface area contributed by atoms with E-state index in [0.717, 1.165) is 4.90 Å². The van der Waals surface area contributed by atoms with Gasteiger partial charge >= 0.3 is 5.97 Å². The van der Waals surface area contributed by atoms with E-state index in [1.165, 1.54) is 23.6 Å². The summed E-state index contributed by atoms with van der Waals surface area (Å²) in [5.41, 5.74) is 0.531. The number of nitrogens with one attached hydrogen (secondary N) is 1. The Hall–Kier alpha value is -2.66. The second-order valence-electron chi connectivity index (χ2n) is 5.11. The number of carbonyl (C=O) groups excluding carboxylic acids is 3. The van der Waals surface area contributed by atoms with Crippen LogP contribution in [0.5, 0.6) is 0 Å². The predicted molar refractivity (Wildman–Crippen MR) is 88.0 cm³/mol. The molecule has 0 saturated heterocycles. The second kappa shape index (κ2) is 7.75. The number of hydrogen-bond acceptors (Lipinski definition) is 7. The van der Waals surface area contributed by atoms with E-state index in [1.54, 1.807) is 18.2 Å². The number of carbonyl (C=O) groups is 3. The van der Waals surface area contributed by atoms with Gasteiger partial charge in [0.25, 0.3) is 0 Å².